The van der Waals surface area contributed by atoms with Gasteiger partial charge in [-0.3, -0.25) is 9.78 Å². The third kappa shape index (κ3) is 3.41. The van der Waals surface area contributed by atoms with E-state index in [9.17, 15) is 4.79 Å². The van der Waals surface area contributed by atoms with Crippen LogP contribution in [0.25, 0.3) is 10.1 Å². The fourth-order valence-corrected chi connectivity index (χ4v) is 4.78. The lowest BCUT2D eigenvalue weighted by atomic mass is 10.1. The SMILES string of the molecule is Cc1c(CC(=O)N2CCN(c3ccncc3)CC2)sc2ccc(Cl)cc12. The monoisotopic (exact) mass is 385 g/mol. The fraction of sp³-hybridized carbons (Fsp3) is 0.300. The zero-order chi connectivity index (χ0) is 18.1. The van der Waals surface area contributed by atoms with Gasteiger partial charge in [0.15, 0.2) is 0 Å². The molecule has 0 bridgehead atoms. The van der Waals surface area contributed by atoms with E-state index in [2.05, 4.69) is 16.8 Å². The Balaban J connectivity index is 1.42. The molecule has 4 nitrogen and oxygen atoms in total. The minimum absolute atomic E-state index is 0.208. The lowest BCUT2D eigenvalue weighted by Crippen LogP contribution is -2.49. The highest BCUT2D eigenvalue weighted by Crippen LogP contribution is 2.33. The molecule has 2 aromatic heterocycles. The molecule has 0 aliphatic carbocycles. The maximum atomic E-state index is 12.8. The summed E-state index contributed by atoms with van der Waals surface area (Å²) in [4.78, 5) is 22.3. The smallest absolute Gasteiger partial charge is 0.227 e. The molecular weight excluding hydrogens is 366 g/mol. The van der Waals surface area contributed by atoms with Crippen molar-refractivity contribution in [3.8, 4) is 0 Å². The van der Waals surface area contributed by atoms with Crippen molar-refractivity contribution < 1.29 is 4.79 Å². The van der Waals surface area contributed by atoms with E-state index in [1.165, 1.54) is 16.0 Å². The number of carbonyl (C=O) groups excluding carboxylic acids is 1. The minimum Gasteiger partial charge on any atom is -0.368 e. The molecule has 3 aromatic rings. The predicted molar refractivity (Wildman–Crippen MR) is 108 cm³/mol. The second-order valence-electron chi connectivity index (χ2n) is 6.54. The Morgan fingerprint density at radius 2 is 1.88 bits per heavy atom. The Kier molecular flexibility index (Phi) is 4.83. The Labute approximate surface area is 162 Å². The second kappa shape index (κ2) is 7.25. The number of carbonyl (C=O) groups is 1. The number of benzene rings is 1. The number of aryl methyl sites for hydroxylation is 1. The molecule has 0 N–H and O–H groups in total. The molecule has 1 saturated heterocycles. The molecule has 1 fully saturated rings. The Morgan fingerprint density at radius 1 is 1.15 bits per heavy atom. The summed E-state index contributed by atoms with van der Waals surface area (Å²) in [5, 5.41) is 1.90. The van der Waals surface area contributed by atoms with Crippen LogP contribution in [0.2, 0.25) is 5.02 Å². The van der Waals surface area contributed by atoms with E-state index in [-0.39, 0.29) is 5.91 Å². The summed E-state index contributed by atoms with van der Waals surface area (Å²) in [6, 6.07) is 9.97. The number of halogens is 1. The van der Waals surface area contributed by atoms with Crippen LogP contribution in [0.5, 0.6) is 0 Å². The molecule has 26 heavy (non-hydrogen) atoms. The highest BCUT2D eigenvalue weighted by molar-refractivity contribution is 7.19. The second-order valence-corrected chi connectivity index (χ2v) is 8.11. The Bertz CT molecular complexity index is 933. The lowest BCUT2D eigenvalue weighted by Gasteiger charge is -2.36. The van der Waals surface area contributed by atoms with Crippen molar-refractivity contribution in [2.75, 3.05) is 31.1 Å². The largest absolute Gasteiger partial charge is 0.368 e. The van der Waals surface area contributed by atoms with E-state index in [1.54, 1.807) is 11.3 Å². The van der Waals surface area contributed by atoms with Gasteiger partial charge in [0.05, 0.1) is 6.42 Å². The van der Waals surface area contributed by atoms with Crippen molar-refractivity contribution in [2.24, 2.45) is 0 Å². The van der Waals surface area contributed by atoms with Gasteiger partial charge in [-0.15, -0.1) is 11.3 Å². The molecule has 1 amide bonds. The molecule has 4 rings (SSSR count). The molecule has 0 spiro atoms. The molecule has 1 aromatic carbocycles. The number of hydrogen-bond acceptors (Lipinski definition) is 4. The topological polar surface area (TPSA) is 36.4 Å². The number of piperazine rings is 1. The van der Waals surface area contributed by atoms with Crippen LogP contribution in [0.3, 0.4) is 0 Å². The van der Waals surface area contributed by atoms with Crippen LogP contribution in [-0.4, -0.2) is 42.0 Å². The summed E-state index contributed by atoms with van der Waals surface area (Å²) in [6.45, 7) is 5.32. The van der Waals surface area contributed by atoms with Gasteiger partial charge < -0.3 is 9.80 Å². The van der Waals surface area contributed by atoms with Gasteiger partial charge in [-0.25, -0.2) is 0 Å². The van der Waals surface area contributed by atoms with Crippen LogP contribution < -0.4 is 4.90 Å². The highest BCUT2D eigenvalue weighted by atomic mass is 35.5. The third-order valence-corrected chi connectivity index (χ3v) is 6.48. The standard InChI is InChI=1S/C20H20ClN3OS/c1-14-17-12-15(21)2-3-18(17)26-19(14)13-20(25)24-10-8-23(9-11-24)16-4-6-22-7-5-16/h2-7,12H,8-11,13H2,1H3. The van der Waals surface area contributed by atoms with Crippen molar-refractivity contribution in [2.45, 2.75) is 13.3 Å². The molecule has 0 saturated carbocycles. The molecule has 134 valence electrons. The Morgan fingerprint density at radius 3 is 2.62 bits per heavy atom. The van der Waals surface area contributed by atoms with Gasteiger partial charge in [-0.2, -0.15) is 0 Å². The summed E-state index contributed by atoms with van der Waals surface area (Å²) in [6.07, 6.45) is 4.09. The first-order chi connectivity index (χ1) is 12.6. The molecule has 0 atom stereocenters. The minimum atomic E-state index is 0.208. The quantitative estimate of drug-likeness (QED) is 0.679. The molecule has 1 aliphatic rings. The third-order valence-electron chi connectivity index (χ3n) is 4.97. The molecule has 1 aliphatic heterocycles. The number of nitrogens with zero attached hydrogens (tertiary/aromatic N) is 3. The zero-order valence-corrected chi connectivity index (χ0v) is 16.2. The van der Waals surface area contributed by atoms with E-state index in [0.717, 1.165) is 41.5 Å². The van der Waals surface area contributed by atoms with Gasteiger partial charge in [-0.05, 0) is 48.2 Å². The van der Waals surface area contributed by atoms with Gasteiger partial charge in [0, 0.05) is 58.9 Å². The summed E-state index contributed by atoms with van der Waals surface area (Å²) in [5.41, 5.74) is 2.35. The van der Waals surface area contributed by atoms with Gasteiger partial charge in [0.1, 0.15) is 0 Å². The molecule has 0 unspecified atom stereocenters. The van der Waals surface area contributed by atoms with E-state index < -0.39 is 0 Å². The zero-order valence-electron chi connectivity index (χ0n) is 14.6. The van der Waals surface area contributed by atoms with E-state index in [1.807, 2.05) is 47.6 Å². The first-order valence-corrected chi connectivity index (χ1v) is 9.91. The lowest BCUT2D eigenvalue weighted by molar-refractivity contribution is -0.130. The summed E-state index contributed by atoms with van der Waals surface area (Å²) < 4.78 is 1.19. The van der Waals surface area contributed by atoms with Crippen molar-refractivity contribution in [3.63, 3.8) is 0 Å². The van der Waals surface area contributed by atoms with Crippen LogP contribution in [-0.2, 0) is 11.2 Å². The highest BCUT2D eigenvalue weighted by Gasteiger charge is 2.22. The Hall–Kier alpha value is -2.11. The van der Waals surface area contributed by atoms with Crippen molar-refractivity contribution >= 4 is 44.6 Å². The maximum Gasteiger partial charge on any atom is 0.227 e. The molecule has 3 heterocycles. The van der Waals surface area contributed by atoms with Gasteiger partial charge in [-0.1, -0.05) is 11.6 Å². The van der Waals surface area contributed by atoms with Crippen LogP contribution in [0, 0.1) is 6.92 Å². The van der Waals surface area contributed by atoms with Crippen LogP contribution in [0.1, 0.15) is 10.4 Å². The maximum absolute atomic E-state index is 12.8. The first-order valence-electron chi connectivity index (χ1n) is 8.72. The number of rotatable bonds is 3. The van der Waals surface area contributed by atoms with Crippen molar-refractivity contribution in [1.82, 2.24) is 9.88 Å². The summed E-state index contributed by atoms with van der Waals surface area (Å²) >= 11 is 7.81. The number of fused-ring (bicyclic) bond motifs is 1. The predicted octanol–water partition coefficient (Wildman–Crippen LogP) is 4.15. The van der Waals surface area contributed by atoms with Crippen LogP contribution in [0.4, 0.5) is 5.69 Å². The number of thiophene rings is 1. The number of hydrogen-bond donors (Lipinski definition) is 0. The summed E-state index contributed by atoms with van der Waals surface area (Å²) in [5.74, 6) is 0.208. The van der Waals surface area contributed by atoms with Crippen molar-refractivity contribution in [3.05, 3.63) is 58.2 Å². The average molecular weight is 386 g/mol. The molecule has 6 heteroatoms. The number of anilines is 1. The molecular formula is C20H20ClN3OS. The van der Waals surface area contributed by atoms with Gasteiger partial charge in [0.25, 0.3) is 0 Å². The first kappa shape index (κ1) is 17.3. The van der Waals surface area contributed by atoms with Crippen LogP contribution in [0.15, 0.2) is 42.7 Å². The van der Waals surface area contributed by atoms with E-state index in [4.69, 9.17) is 11.6 Å². The van der Waals surface area contributed by atoms with Gasteiger partial charge >= 0.3 is 0 Å². The number of aromatic nitrogens is 1. The fourth-order valence-electron chi connectivity index (χ4n) is 3.43. The van der Waals surface area contributed by atoms with Crippen molar-refractivity contribution in [1.29, 1.82) is 0 Å². The van der Waals surface area contributed by atoms with E-state index in [0.29, 0.717) is 6.42 Å². The molecule has 0 radical (unpaired) electrons. The number of pyridine rings is 1. The van der Waals surface area contributed by atoms with E-state index >= 15 is 0 Å². The van der Waals surface area contributed by atoms with Crippen LogP contribution >= 0.6 is 22.9 Å². The summed E-state index contributed by atoms with van der Waals surface area (Å²) in [7, 11) is 0. The van der Waals surface area contributed by atoms with Gasteiger partial charge in [0.2, 0.25) is 5.91 Å². The normalized spacial score (nSPS) is 14.8. The average Bonchev–Trinajstić information content (AvgIpc) is 2.98. The number of amides is 1.